The summed E-state index contributed by atoms with van der Waals surface area (Å²) < 4.78 is 0. The molecule has 0 aliphatic carbocycles. The molecule has 7 heteroatoms. The van der Waals surface area contributed by atoms with E-state index < -0.39 is 0 Å². The van der Waals surface area contributed by atoms with Gasteiger partial charge in [0, 0.05) is 6.54 Å². The summed E-state index contributed by atoms with van der Waals surface area (Å²) in [7, 11) is 0. The van der Waals surface area contributed by atoms with Crippen LogP contribution < -0.4 is 11.1 Å². The van der Waals surface area contributed by atoms with E-state index in [0.717, 1.165) is 6.54 Å². The minimum atomic E-state index is 0. The smallest absolute Gasteiger partial charge is 0.202 e. The fraction of sp³-hybridized carbons (Fsp3) is 0.444. The molecule has 0 spiro atoms. The van der Waals surface area contributed by atoms with Gasteiger partial charge in [-0.3, -0.25) is 0 Å². The van der Waals surface area contributed by atoms with Gasteiger partial charge in [-0.2, -0.15) is 4.98 Å². The van der Waals surface area contributed by atoms with Crippen LogP contribution >= 0.6 is 17.0 Å². The van der Waals surface area contributed by atoms with Gasteiger partial charge in [0.15, 0.2) is 11.5 Å². The number of nitrogens with two attached hydrogens (primary N) is 1. The lowest BCUT2D eigenvalue weighted by Gasteiger charge is -2.04. The number of nitrogen functional groups attached to an aromatic ring is 1. The second-order valence-corrected chi connectivity index (χ2v) is 3.82. The normalized spacial score (nSPS) is 10.4. The predicted molar refractivity (Wildman–Crippen MR) is 69.7 cm³/mol. The van der Waals surface area contributed by atoms with Gasteiger partial charge in [-0.25, -0.2) is 9.97 Å². The van der Waals surface area contributed by atoms with Crippen LogP contribution in [-0.2, 0) is 0 Å². The zero-order valence-corrected chi connectivity index (χ0v) is 10.9. The van der Waals surface area contributed by atoms with Crippen LogP contribution in [0.4, 0.5) is 11.8 Å². The molecule has 16 heavy (non-hydrogen) atoms. The predicted octanol–water partition coefficient (Wildman–Crippen LogP) is 1.58. The molecular weight excluding hydrogens is 272 g/mol. The molecule has 2 heterocycles. The zero-order valence-electron chi connectivity index (χ0n) is 9.19. The number of anilines is 2. The Morgan fingerprint density at radius 3 is 2.81 bits per heavy atom. The van der Waals surface area contributed by atoms with Crippen LogP contribution in [0.2, 0.25) is 0 Å². The summed E-state index contributed by atoms with van der Waals surface area (Å²) in [6.07, 6.45) is 1.41. The number of aromatic amines is 1. The van der Waals surface area contributed by atoms with Crippen LogP contribution in [0.5, 0.6) is 0 Å². The van der Waals surface area contributed by atoms with E-state index in [1.54, 1.807) is 0 Å². The van der Waals surface area contributed by atoms with Crippen molar-refractivity contribution in [2.45, 2.75) is 13.8 Å². The summed E-state index contributed by atoms with van der Waals surface area (Å²) in [4.78, 5) is 15.2. The Labute approximate surface area is 104 Å². The number of nitrogens with zero attached hydrogens (tertiary/aromatic N) is 3. The summed E-state index contributed by atoms with van der Waals surface area (Å²) in [5, 5.41) is 3.17. The molecule has 0 saturated heterocycles. The molecule has 4 N–H and O–H groups in total. The van der Waals surface area contributed by atoms with Crippen molar-refractivity contribution < 1.29 is 0 Å². The average Bonchev–Trinajstić information content (AvgIpc) is 2.59. The molecule has 88 valence electrons. The maximum absolute atomic E-state index is 5.68. The van der Waals surface area contributed by atoms with E-state index in [1.165, 1.54) is 6.33 Å². The number of H-pyrrole nitrogens is 1. The molecule has 0 amide bonds. The molecule has 0 bridgehead atoms. The highest BCUT2D eigenvalue weighted by Crippen LogP contribution is 2.15. The maximum Gasteiger partial charge on any atom is 0.202 e. The first kappa shape index (κ1) is 12.7. The van der Waals surface area contributed by atoms with E-state index in [2.05, 4.69) is 39.1 Å². The lowest BCUT2D eigenvalue weighted by atomic mass is 10.2. The molecule has 0 saturated carbocycles. The molecule has 0 fully saturated rings. The standard InChI is InChI=1S/C9H14N6.BrH/c1-5(2)3-11-9-14-6-7(10)12-4-13-8(6)15-9;/h4-5H,3H2,1-2H3,(H4,10,11,12,13,14,15);1H. The zero-order chi connectivity index (χ0) is 10.8. The van der Waals surface area contributed by atoms with Crippen molar-refractivity contribution in [3.8, 4) is 0 Å². The van der Waals surface area contributed by atoms with Crippen LogP contribution in [0.15, 0.2) is 6.33 Å². The third kappa shape index (κ3) is 2.60. The minimum absolute atomic E-state index is 0. The van der Waals surface area contributed by atoms with E-state index in [4.69, 9.17) is 5.73 Å². The second kappa shape index (κ2) is 5.11. The number of fused-ring (bicyclic) bond motifs is 1. The molecular formula is C9H15BrN6. The third-order valence-corrected chi connectivity index (χ3v) is 2.00. The monoisotopic (exact) mass is 286 g/mol. The maximum atomic E-state index is 5.68. The van der Waals surface area contributed by atoms with Gasteiger partial charge in [0.2, 0.25) is 5.95 Å². The van der Waals surface area contributed by atoms with Gasteiger partial charge in [0.25, 0.3) is 0 Å². The summed E-state index contributed by atoms with van der Waals surface area (Å²) in [6.45, 7) is 5.11. The minimum Gasteiger partial charge on any atom is -0.382 e. The van der Waals surface area contributed by atoms with Gasteiger partial charge >= 0.3 is 0 Å². The fourth-order valence-corrected chi connectivity index (χ4v) is 1.23. The van der Waals surface area contributed by atoms with Crippen molar-refractivity contribution >= 4 is 39.9 Å². The van der Waals surface area contributed by atoms with Gasteiger partial charge in [-0.1, -0.05) is 13.8 Å². The van der Waals surface area contributed by atoms with E-state index >= 15 is 0 Å². The van der Waals surface area contributed by atoms with Crippen molar-refractivity contribution in [1.29, 1.82) is 0 Å². The Hall–Kier alpha value is -1.37. The van der Waals surface area contributed by atoms with Gasteiger partial charge in [-0.15, -0.1) is 17.0 Å². The largest absolute Gasteiger partial charge is 0.382 e. The van der Waals surface area contributed by atoms with E-state index in [-0.39, 0.29) is 17.0 Å². The highest BCUT2D eigenvalue weighted by Gasteiger charge is 2.06. The highest BCUT2D eigenvalue weighted by molar-refractivity contribution is 8.93. The molecule has 0 aromatic carbocycles. The van der Waals surface area contributed by atoms with E-state index in [1.807, 2.05) is 0 Å². The Balaban J connectivity index is 0.00000128. The van der Waals surface area contributed by atoms with Crippen molar-refractivity contribution in [2.24, 2.45) is 5.92 Å². The summed E-state index contributed by atoms with van der Waals surface area (Å²) in [5.41, 5.74) is 6.95. The first-order valence-corrected chi connectivity index (χ1v) is 4.87. The Kier molecular flexibility index (Phi) is 4.05. The molecule has 2 aromatic rings. The topological polar surface area (TPSA) is 92.5 Å². The number of halogens is 1. The molecule has 2 rings (SSSR count). The van der Waals surface area contributed by atoms with Crippen LogP contribution in [-0.4, -0.2) is 26.5 Å². The first-order valence-electron chi connectivity index (χ1n) is 4.87. The fourth-order valence-electron chi connectivity index (χ4n) is 1.23. The number of rotatable bonds is 3. The summed E-state index contributed by atoms with van der Waals surface area (Å²) in [5.74, 6) is 1.66. The number of aromatic nitrogens is 4. The molecule has 0 unspecified atom stereocenters. The van der Waals surface area contributed by atoms with E-state index in [9.17, 15) is 0 Å². The number of imidazole rings is 1. The van der Waals surface area contributed by atoms with E-state index in [0.29, 0.717) is 28.8 Å². The number of nitrogens with one attached hydrogen (secondary N) is 2. The SMILES string of the molecule is Br.CC(C)CNc1nc2ncnc(N)c2[nH]1. The summed E-state index contributed by atoms with van der Waals surface area (Å²) in [6, 6.07) is 0. The van der Waals surface area contributed by atoms with Crippen molar-refractivity contribution in [1.82, 2.24) is 19.9 Å². The van der Waals surface area contributed by atoms with Crippen LogP contribution in [0.25, 0.3) is 11.2 Å². The van der Waals surface area contributed by atoms with Gasteiger partial charge in [-0.05, 0) is 5.92 Å². The lowest BCUT2D eigenvalue weighted by molar-refractivity contribution is 0.685. The average molecular weight is 287 g/mol. The molecule has 6 nitrogen and oxygen atoms in total. The van der Waals surface area contributed by atoms with Crippen molar-refractivity contribution in [3.63, 3.8) is 0 Å². The summed E-state index contributed by atoms with van der Waals surface area (Å²) >= 11 is 0. The van der Waals surface area contributed by atoms with Gasteiger partial charge in [0.1, 0.15) is 11.8 Å². The highest BCUT2D eigenvalue weighted by atomic mass is 79.9. The Morgan fingerprint density at radius 1 is 1.44 bits per heavy atom. The van der Waals surface area contributed by atoms with Crippen LogP contribution in [0.1, 0.15) is 13.8 Å². The molecule has 0 atom stereocenters. The molecule has 0 aliphatic heterocycles. The molecule has 0 radical (unpaired) electrons. The molecule has 0 aliphatic rings. The quantitative estimate of drug-likeness (QED) is 0.797. The lowest BCUT2D eigenvalue weighted by Crippen LogP contribution is -2.08. The van der Waals surface area contributed by atoms with Crippen molar-refractivity contribution in [3.05, 3.63) is 6.33 Å². The number of hydrogen-bond donors (Lipinski definition) is 3. The third-order valence-electron chi connectivity index (χ3n) is 2.00. The van der Waals surface area contributed by atoms with Crippen molar-refractivity contribution in [2.75, 3.05) is 17.6 Å². The second-order valence-electron chi connectivity index (χ2n) is 3.82. The van der Waals surface area contributed by atoms with Crippen LogP contribution in [0.3, 0.4) is 0 Å². The Bertz CT molecular complexity index is 466. The number of hydrogen-bond acceptors (Lipinski definition) is 5. The molecule has 2 aromatic heterocycles. The Morgan fingerprint density at radius 2 is 2.19 bits per heavy atom. The van der Waals surface area contributed by atoms with Crippen LogP contribution in [0, 0.1) is 5.92 Å². The first-order chi connectivity index (χ1) is 7.16. The van der Waals surface area contributed by atoms with Gasteiger partial charge in [0.05, 0.1) is 0 Å². The van der Waals surface area contributed by atoms with Gasteiger partial charge < -0.3 is 16.0 Å².